The van der Waals surface area contributed by atoms with Crippen LogP contribution in [0, 0.1) is 17.8 Å². The van der Waals surface area contributed by atoms with Crippen LogP contribution >= 0.6 is 0 Å². The monoisotopic (exact) mass is 184 g/mol. The quantitative estimate of drug-likeness (QED) is 0.528. The second-order valence-electron chi connectivity index (χ2n) is 4.98. The van der Waals surface area contributed by atoms with Gasteiger partial charge in [-0.3, -0.25) is 0 Å². The third-order valence-electron chi connectivity index (χ3n) is 3.09. The Bertz CT molecular complexity index is 107. The standard InChI is InChI=1S/C13H28/c1-6-8-12(4)10-13(5)9-11(3)7-2/h11-13H,6-10H2,1-5H3. The molecule has 80 valence electrons. The van der Waals surface area contributed by atoms with Gasteiger partial charge in [-0.25, -0.2) is 0 Å². The number of hydrogen-bond donors (Lipinski definition) is 0. The van der Waals surface area contributed by atoms with Crippen molar-refractivity contribution in [2.45, 2.75) is 66.7 Å². The van der Waals surface area contributed by atoms with E-state index in [9.17, 15) is 0 Å². The minimum atomic E-state index is 0.920. The molecule has 0 N–H and O–H groups in total. The molecule has 0 saturated heterocycles. The Morgan fingerprint density at radius 3 is 1.77 bits per heavy atom. The Morgan fingerprint density at radius 2 is 1.31 bits per heavy atom. The van der Waals surface area contributed by atoms with E-state index >= 15 is 0 Å². The van der Waals surface area contributed by atoms with Crippen molar-refractivity contribution in [3.8, 4) is 0 Å². The second kappa shape index (κ2) is 7.41. The van der Waals surface area contributed by atoms with Gasteiger partial charge >= 0.3 is 0 Å². The Kier molecular flexibility index (Phi) is 7.41. The zero-order valence-corrected chi connectivity index (χ0v) is 10.3. The molecular formula is C13H28. The van der Waals surface area contributed by atoms with Crippen molar-refractivity contribution in [2.24, 2.45) is 17.8 Å². The van der Waals surface area contributed by atoms with Crippen LogP contribution in [-0.2, 0) is 0 Å². The highest BCUT2D eigenvalue weighted by Gasteiger charge is 2.10. The first-order chi connectivity index (χ1) is 6.10. The van der Waals surface area contributed by atoms with Crippen LogP contribution in [0.25, 0.3) is 0 Å². The minimum absolute atomic E-state index is 0.920. The molecule has 3 unspecified atom stereocenters. The lowest BCUT2D eigenvalue weighted by Crippen LogP contribution is -2.07. The molecule has 0 fully saturated rings. The molecule has 0 aromatic rings. The highest BCUT2D eigenvalue weighted by atomic mass is 14.2. The van der Waals surface area contributed by atoms with Crippen molar-refractivity contribution < 1.29 is 0 Å². The van der Waals surface area contributed by atoms with Crippen LogP contribution in [0.4, 0.5) is 0 Å². The van der Waals surface area contributed by atoms with E-state index in [-0.39, 0.29) is 0 Å². The van der Waals surface area contributed by atoms with Crippen molar-refractivity contribution in [2.75, 3.05) is 0 Å². The van der Waals surface area contributed by atoms with Gasteiger partial charge in [0.1, 0.15) is 0 Å². The van der Waals surface area contributed by atoms with Crippen molar-refractivity contribution in [3.05, 3.63) is 0 Å². The Balaban J connectivity index is 3.54. The molecule has 0 bridgehead atoms. The van der Waals surface area contributed by atoms with E-state index in [0.29, 0.717) is 0 Å². The molecule has 0 spiro atoms. The molecule has 0 aromatic carbocycles. The molecule has 0 nitrogen and oxygen atoms in total. The molecule has 0 amide bonds. The van der Waals surface area contributed by atoms with Gasteiger partial charge in [0.25, 0.3) is 0 Å². The van der Waals surface area contributed by atoms with Crippen LogP contribution in [-0.4, -0.2) is 0 Å². The summed E-state index contributed by atoms with van der Waals surface area (Å²) < 4.78 is 0. The molecule has 0 aliphatic heterocycles. The van der Waals surface area contributed by atoms with Gasteiger partial charge in [0.15, 0.2) is 0 Å². The largest absolute Gasteiger partial charge is 0.0654 e. The van der Waals surface area contributed by atoms with Gasteiger partial charge in [0, 0.05) is 0 Å². The predicted molar refractivity (Wildman–Crippen MR) is 61.9 cm³/mol. The van der Waals surface area contributed by atoms with Gasteiger partial charge in [-0.15, -0.1) is 0 Å². The Morgan fingerprint density at radius 1 is 0.769 bits per heavy atom. The Hall–Kier alpha value is 0. The first-order valence-corrected chi connectivity index (χ1v) is 6.10. The molecule has 0 heterocycles. The zero-order chi connectivity index (χ0) is 10.3. The SMILES string of the molecule is CCCC(C)CC(C)CC(C)CC. The lowest BCUT2D eigenvalue weighted by atomic mass is 9.87. The van der Waals surface area contributed by atoms with E-state index < -0.39 is 0 Å². The van der Waals surface area contributed by atoms with Gasteiger partial charge in [0.05, 0.1) is 0 Å². The minimum Gasteiger partial charge on any atom is -0.0654 e. The van der Waals surface area contributed by atoms with Gasteiger partial charge in [-0.2, -0.15) is 0 Å². The maximum Gasteiger partial charge on any atom is -0.0438 e. The van der Waals surface area contributed by atoms with Crippen molar-refractivity contribution in [3.63, 3.8) is 0 Å². The van der Waals surface area contributed by atoms with Crippen molar-refractivity contribution in [1.29, 1.82) is 0 Å². The molecule has 0 aromatic heterocycles. The fourth-order valence-corrected chi connectivity index (χ4v) is 2.25. The molecular weight excluding hydrogens is 156 g/mol. The van der Waals surface area contributed by atoms with Crippen LogP contribution in [0.1, 0.15) is 66.7 Å². The van der Waals surface area contributed by atoms with Gasteiger partial charge in [-0.1, -0.05) is 53.9 Å². The number of hydrogen-bond acceptors (Lipinski definition) is 0. The van der Waals surface area contributed by atoms with Crippen LogP contribution in [0.3, 0.4) is 0 Å². The lowest BCUT2D eigenvalue weighted by molar-refractivity contribution is 0.328. The average molecular weight is 184 g/mol. The van der Waals surface area contributed by atoms with Crippen LogP contribution in [0.15, 0.2) is 0 Å². The van der Waals surface area contributed by atoms with Crippen LogP contribution < -0.4 is 0 Å². The number of rotatable bonds is 7. The third kappa shape index (κ3) is 7.10. The fraction of sp³-hybridized carbons (Fsp3) is 1.00. The van der Waals surface area contributed by atoms with E-state index in [1.54, 1.807) is 0 Å². The average Bonchev–Trinajstić information content (AvgIpc) is 2.04. The first-order valence-electron chi connectivity index (χ1n) is 6.10. The van der Waals surface area contributed by atoms with Gasteiger partial charge < -0.3 is 0 Å². The third-order valence-corrected chi connectivity index (χ3v) is 3.09. The maximum atomic E-state index is 2.42. The summed E-state index contributed by atoms with van der Waals surface area (Å²) in [4.78, 5) is 0. The summed E-state index contributed by atoms with van der Waals surface area (Å²) in [6.07, 6.45) is 6.94. The first kappa shape index (κ1) is 13.0. The summed E-state index contributed by atoms with van der Waals surface area (Å²) in [5, 5.41) is 0. The summed E-state index contributed by atoms with van der Waals surface area (Å²) in [6.45, 7) is 11.8. The van der Waals surface area contributed by atoms with E-state index in [4.69, 9.17) is 0 Å². The predicted octanol–water partition coefficient (Wildman–Crippen LogP) is 4.89. The highest BCUT2D eigenvalue weighted by Crippen LogP contribution is 2.23. The van der Waals surface area contributed by atoms with Gasteiger partial charge in [-0.05, 0) is 30.6 Å². The van der Waals surface area contributed by atoms with Crippen molar-refractivity contribution >= 4 is 0 Å². The summed E-state index contributed by atoms with van der Waals surface area (Å²) in [6, 6.07) is 0. The van der Waals surface area contributed by atoms with Crippen molar-refractivity contribution in [1.82, 2.24) is 0 Å². The highest BCUT2D eigenvalue weighted by molar-refractivity contribution is 4.62. The van der Waals surface area contributed by atoms with E-state index in [2.05, 4.69) is 34.6 Å². The molecule has 3 atom stereocenters. The molecule has 0 rings (SSSR count). The maximum absolute atomic E-state index is 2.42. The molecule has 0 saturated carbocycles. The normalized spacial score (nSPS) is 18.2. The van der Waals surface area contributed by atoms with E-state index in [0.717, 1.165) is 17.8 Å². The zero-order valence-electron chi connectivity index (χ0n) is 10.3. The summed E-state index contributed by atoms with van der Waals surface area (Å²) in [5.41, 5.74) is 0. The molecule has 0 heteroatoms. The molecule has 0 radical (unpaired) electrons. The van der Waals surface area contributed by atoms with E-state index in [1.165, 1.54) is 32.1 Å². The van der Waals surface area contributed by atoms with Gasteiger partial charge in [0.2, 0.25) is 0 Å². The lowest BCUT2D eigenvalue weighted by Gasteiger charge is -2.19. The summed E-state index contributed by atoms with van der Waals surface area (Å²) in [5.74, 6) is 2.78. The topological polar surface area (TPSA) is 0 Å². The van der Waals surface area contributed by atoms with Crippen LogP contribution in [0.5, 0.6) is 0 Å². The van der Waals surface area contributed by atoms with E-state index in [1.807, 2.05) is 0 Å². The smallest absolute Gasteiger partial charge is 0.0438 e. The molecule has 13 heavy (non-hydrogen) atoms. The molecule has 0 aliphatic carbocycles. The summed E-state index contributed by atoms with van der Waals surface area (Å²) in [7, 11) is 0. The second-order valence-corrected chi connectivity index (χ2v) is 4.98. The Labute approximate surface area is 85.1 Å². The summed E-state index contributed by atoms with van der Waals surface area (Å²) >= 11 is 0. The fourth-order valence-electron chi connectivity index (χ4n) is 2.25. The molecule has 0 aliphatic rings. The van der Waals surface area contributed by atoms with Crippen LogP contribution in [0.2, 0.25) is 0 Å².